The van der Waals surface area contributed by atoms with Crippen LogP contribution in [0.25, 0.3) is 11.3 Å². The van der Waals surface area contributed by atoms with E-state index in [1.807, 2.05) is 6.92 Å². The van der Waals surface area contributed by atoms with Crippen LogP contribution in [0.1, 0.15) is 30.2 Å². The molecule has 0 aliphatic rings. The Bertz CT molecular complexity index is 1340. The molecular weight excluding hydrogens is 508 g/mol. The first kappa shape index (κ1) is 26.0. The van der Waals surface area contributed by atoms with Crippen LogP contribution in [0.15, 0.2) is 85.5 Å². The Labute approximate surface area is 215 Å². The van der Waals surface area contributed by atoms with Gasteiger partial charge >= 0.3 is 11.4 Å². The molecule has 1 unspecified atom stereocenters. The smallest absolute Gasteiger partial charge is 0.429 e. The molecule has 4 aromatic rings. The van der Waals surface area contributed by atoms with Gasteiger partial charge in [0.05, 0.1) is 18.1 Å². The van der Waals surface area contributed by atoms with Crippen molar-refractivity contribution in [2.75, 3.05) is 5.32 Å². The Balaban J connectivity index is 1.49. The van der Waals surface area contributed by atoms with Crippen molar-refractivity contribution >= 4 is 23.3 Å². The van der Waals surface area contributed by atoms with E-state index in [4.69, 9.17) is 21.7 Å². The molecule has 1 N–H and O–H groups in total. The number of hydrogen-bond donors (Lipinski definition) is 1. The quantitative estimate of drug-likeness (QED) is 0.208. The third kappa shape index (κ3) is 6.98. The third-order valence-corrected chi connectivity index (χ3v) is 5.38. The molecule has 0 radical (unpaired) electrons. The van der Waals surface area contributed by atoms with Crippen LogP contribution in [0.4, 0.5) is 23.4 Å². The monoisotopic (exact) mass is 528 g/mol. The van der Waals surface area contributed by atoms with Gasteiger partial charge in [-0.2, -0.15) is 13.2 Å². The number of thiocarbonyl (C=S) groups is 1. The van der Waals surface area contributed by atoms with E-state index in [1.165, 1.54) is 48.9 Å². The van der Waals surface area contributed by atoms with Crippen LogP contribution in [-0.2, 0) is 4.74 Å². The first-order chi connectivity index (χ1) is 17.7. The van der Waals surface area contributed by atoms with Crippen molar-refractivity contribution in [3.8, 4) is 17.0 Å². The van der Waals surface area contributed by atoms with Crippen LogP contribution in [0, 0.1) is 5.82 Å². The summed E-state index contributed by atoms with van der Waals surface area (Å²) >= 11 is 4.89. The molecule has 190 valence electrons. The third-order valence-electron chi connectivity index (χ3n) is 5.20. The summed E-state index contributed by atoms with van der Waals surface area (Å²) in [7, 11) is 0. The second-order valence-electron chi connectivity index (χ2n) is 7.92. The molecule has 0 amide bonds. The predicted molar refractivity (Wildman–Crippen MR) is 133 cm³/mol. The normalized spacial score (nSPS) is 12.9. The summed E-state index contributed by atoms with van der Waals surface area (Å²) in [6.45, 7) is 1.87. The van der Waals surface area contributed by atoms with Gasteiger partial charge in [0.25, 0.3) is 0 Å². The molecule has 0 spiro atoms. The Morgan fingerprint density at radius 1 is 0.919 bits per heavy atom. The molecule has 0 aliphatic heterocycles. The van der Waals surface area contributed by atoms with Gasteiger partial charge in [-0.05, 0) is 42.8 Å². The summed E-state index contributed by atoms with van der Waals surface area (Å²) in [5.74, 6) is 0.349. The van der Waals surface area contributed by atoms with E-state index in [-0.39, 0.29) is 23.2 Å². The van der Waals surface area contributed by atoms with Gasteiger partial charge in [-0.1, -0.05) is 30.3 Å². The highest BCUT2D eigenvalue weighted by molar-refractivity contribution is 7.79. The number of alkyl halides is 3. The number of aromatic nitrogens is 3. The lowest BCUT2D eigenvalue weighted by atomic mass is 10.1. The Morgan fingerprint density at radius 2 is 1.65 bits per heavy atom. The molecule has 4 rings (SSSR count). The molecule has 2 aromatic heterocycles. The Kier molecular flexibility index (Phi) is 7.92. The van der Waals surface area contributed by atoms with E-state index >= 15 is 0 Å². The van der Waals surface area contributed by atoms with Crippen molar-refractivity contribution in [2.45, 2.75) is 25.2 Å². The minimum absolute atomic E-state index is 0.183. The molecule has 0 bridgehead atoms. The van der Waals surface area contributed by atoms with Crippen LogP contribution < -0.4 is 10.1 Å². The SMILES string of the molecule is C[C@@H](Nc1cnc(-c2cncc(C(OC(=S)Oc3ccccc3)C(F)(F)F)c2)cn1)c1ccc(F)cc1. The average molecular weight is 529 g/mol. The second kappa shape index (κ2) is 11.3. The minimum Gasteiger partial charge on any atom is -0.439 e. The summed E-state index contributed by atoms with van der Waals surface area (Å²) in [6, 6.07) is 15.2. The van der Waals surface area contributed by atoms with E-state index < -0.39 is 17.5 Å². The van der Waals surface area contributed by atoms with Gasteiger partial charge in [0, 0.05) is 41.8 Å². The van der Waals surface area contributed by atoms with E-state index in [2.05, 4.69) is 20.3 Å². The molecule has 0 saturated carbocycles. The zero-order chi connectivity index (χ0) is 26.4. The summed E-state index contributed by atoms with van der Waals surface area (Å²) in [4.78, 5) is 12.5. The molecule has 6 nitrogen and oxygen atoms in total. The molecule has 0 aliphatic carbocycles. The van der Waals surface area contributed by atoms with Crippen LogP contribution in [0.5, 0.6) is 5.75 Å². The molecule has 2 heterocycles. The van der Waals surface area contributed by atoms with E-state index in [9.17, 15) is 17.6 Å². The zero-order valence-electron chi connectivity index (χ0n) is 19.3. The fourth-order valence-corrected chi connectivity index (χ4v) is 3.57. The zero-order valence-corrected chi connectivity index (χ0v) is 20.1. The summed E-state index contributed by atoms with van der Waals surface area (Å²) in [5.41, 5.74) is 1.17. The predicted octanol–water partition coefficient (Wildman–Crippen LogP) is 6.83. The molecule has 2 atom stereocenters. The second-order valence-corrected chi connectivity index (χ2v) is 8.25. The number of para-hydroxylation sites is 1. The van der Waals surface area contributed by atoms with E-state index in [0.29, 0.717) is 17.1 Å². The van der Waals surface area contributed by atoms with Crippen LogP contribution in [-0.4, -0.2) is 26.4 Å². The maximum atomic E-state index is 13.9. The maximum Gasteiger partial charge on any atom is 0.429 e. The minimum atomic E-state index is -4.79. The lowest BCUT2D eigenvalue weighted by Crippen LogP contribution is -2.27. The number of ether oxygens (including phenoxy) is 2. The Morgan fingerprint density at radius 3 is 2.30 bits per heavy atom. The topological polar surface area (TPSA) is 69.2 Å². The van der Waals surface area contributed by atoms with Gasteiger partial charge in [-0.25, -0.2) is 9.37 Å². The number of nitrogens with zero attached hydrogens (tertiary/aromatic N) is 3. The summed E-state index contributed by atoms with van der Waals surface area (Å²) in [5, 5.41) is 2.46. The first-order valence-corrected chi connectivity index (χ1v) is 11.4. The van der Waals surface area contributed by atoms with Gasteiger partial charge < -0.3 is 14.8 Å². The van der Waals surface area contributed by atoms with Crippen molar-refractivity contribution in [1.29, 1.82) is 0 Å². The van der Waals surface area contributed by atoms with Crippen LogP contribution >= 0.6 is 12.2 Å². The van der Waals surface area contributed by atoms with Crippen molar-refractivity contribution in [1.82, 2.24) is 15.0 Å². The maximum absolute atomic E-state index is 13.9. The number of anilines is 1. The number of hydrogen-bond acceptors (Lipinski definition) is 7. The number of pyridine rings is 1. The van der Waals surface area contributed by atoms with Gasteiger partial charge in [-0.3, -0.25) is 9.97 Å². The Hall–Kier alpha value is -4.12. The molecular formula is C26H20F4N4O2S. The van der Waals surface area contributed by atoms with Crippen LogP contribution in [0.3, 0.4) is 0 Å². The molecule has 2 aromatic carbocycles. The standard InChI is InChI=1S/C26H20F4N4O2S/c1-16(17-7-9-20(27)10-8-17)34-23-15-32-22(14-33-23)18-11-19(13-31-12-18)24(26(28,29)30)36-25(37)35-21-5-3-2-4-6-21/h2-16,24H,1H3,(H,33,34)/t16-,24?/m1/s1. The fraction of sp³-hybridized carbons (Fsp3) is 0.154. The van der Waals surface area contributed by atoms with Crippen molar-refractivity contribution in [3.05, 3.63) is 102 Å². The molecule has 37 heavy (non-hydrogen) atoms. The van der Waals surface area contributed by atoms with Gasteiger partial charge in [0.15, 0.2) is 0 Å². The number of benzene rings is 2. The fourth-order valence-electron chi connectivity index (χ4n) is 3.38. The largest absolute Gasteiger partial charge is 0.439 e. The van der Waals surface area contributed by atoms with Crippen molar-refractivity contribution in [2.24, 2.45) is 0 Å². The molecule has 0 fully saturated rings. The highest BCUT2D eigenvalue weighted by Gasteiger charge is 2.44. The van der Waals surface area contributed by atoms with E-state index in [0.717, 1.165) is 11.8 Å². The highest BCUT2D eigenvalue weighted by atomic mass is 32.1. The summed E-state index contributed by atoms with van der Waals surface area (Å²) < 4.78 is 64.9. The van der Waals surface area contributed by atoms with Gasteiger partial charge in [-0.15, -0.1) is 0 Å². The van der Waals surface area contributed by atoms with Crippen molar-refractivity contribution < 1.29 is 27.0 Å². The van der Waals surface area contributed by atoms with Gasteiger partial charge in [0.2, 0.25) is 6.10 Å². The van der Waals surface area contributed by atoms with Gasteiger partial charge in [0.1, 0.15) is 17.4 Å². The molecule has 0 saturated heterocycles. The lowest BCUT2D eigenvalue weighted by Gasteiger charge is -2.22. The highest BCUT2D eigenvalue weighted by Crippen LogP contribution is 2.37. The van der Waals surface area contributed by atoms with Crippen LogP contribution in [0.2, 0.25) is 0 Å². The summed E-state index contributed by atoms with van der Waals surface area (Å²) in [6.07, 6.45) is -1.92. The average Bonchev–Trinajstić information content (AvgIpc) is 2.88. The first-order valence-electron chi connectivity index (χ1n) is 11.0. The number of nitrogens with one attached hydrogen (secondary N) is 1. The number of halogens is 4. The molecule has 11 heteroatoms. The van der Waals surface area contributed by atoms with Crippen molar-refractivity contribution in [3.63, 3.8) is 0 Å². The number of rotatable bonds is 7. The van der Waals surface area contributed by atoms with E-state index in [1.54, 1.807) is 30.3 Å². The lowest BCUT2D eigenvalue weighted by molar-refractivity contribution is -0.203.